The van der Waals surface area contributed by atoms with Crippen LogP contribution in [0.4, 0.5) is 0 Å². The van der Waals surface area contributed by atoms with Crippen molar-refractivity contribution in [2.24, 2.45) is 0 Å². The van der Waals surface area contributed by atoms with Crippen LogP contribution >= 0.6 is 0 Å². The van der Waals surface area contributed by atoms with Gasteiger partial charge in [0.2, 0.25) is 11.8 Å². The summed E-state index contributed by atoms with van der Waals surface area (Å²) in [7, 11) is 0. The molecule has 178 valence electrons. The lowest BCUT2D eigenvalue weighted by Gasteiger charge is -2.29. The molecule has 2 aromatic carbocycles. The van der Waals surface area contributed by atoms with E-state index in [1.165, 1.54) is 5.56 Å². The van der Waals surface area contributed by atoms with Gasteiger partial charge >= 0.3 is 0 Å². The van der Waals surface area contributed by atoms with Crippen LogP contribution in [0.1, 0.15) is 40.7 Å². The number of nitrogens with one attached hydrogen (secondary N) is 1. The van der Waals surface area contributed by atoms with Crippen molar-refractivity contribution in [1.82, 2.24) is 20.1 Å². The Morgan fingerprint density at radius 1 is 1.06 bits per heavy atom. The Hall–Kier alpha value is -3.78. The number of imide groups is 1. The van der Waals surface area contributed by atoms with Crippen LogP contribution in [0.15, 0.2) is 54.7 Å². The number of benzene rings is 2. The zero-order chi connectivity index (χ0) is 23.9. The van der Waals surface area contributed by atoms with Crippen LogP contribution in [0.5, 0.6) is 5.75 Å². The second-order valence-corrected chi connectivity index (χ2v) is 9.52. The quantitative estimate of drug-likeness (QED) is 0.577. The van der Waals surface area contributed by atoms with E-state index in [2.05, 4.69) is 27.3 Å². The Balaban J connectivity index is 1.08. The van der Waals surface area contributed by atoms with Crippen molar-refractivity contribution in [3.8, 4) is 5.75 Å². The molecule has 2 atom stereocenters. The molecule has 0 bridgehead atoms. The summed E-state index contributed by atoms with van der Waals surface area (Å²) in [5.74, 6) is -0.113. The maximum absolute atomic E-state index is 12.9. The number of aromatic nitrogens is 1. The lowest BCUT2D eigenvalue weighted by Crippen LogP contribution is -2.52. The maximum atomic E-state index is 12.9. The van der Waals surface area contributed by atoms with Crippen LogP contribution in [-0.2, 0) is 22.7 Å². The van der Waals surface area contributed by atoms with E-state index in [4.69, 9.17) is 4.74 Å². The van der Waals surface area contributed by atoms with Crippen LogP contribution in [0.2, 0.25) is 0 Å². The second-order valence-electron chi connectivity index (χ2n) is 9.52. The van der Waals surface area contributed by atoms with Crippen molar-refractivity contribution in [3.05, 3.63) is 71.4 Å². The molecule has 2 saturated heterocycles. The summed E-state index contributed by atoms with van der Waals surface area (Å²) in [6.07, 6.45) is 3.56. The van der Waals surface area contributed by atoms with Crippen molar-refractivity contribution in [3.63, 3.8) is 0 Å². The van der Waals surface area contributed by atoms with Crippen LogP contribution in [0, 0.1) is 0 Å². The van der Waals surface area contributed by atoms with Gasteiger partial charge in [-0.1, -0.05) is 18.2 Å². The molecule has 3 aliphatic rings. The van der Waals surface area contributed by atoms with Gasteiger partial charge in [0, 0.05) is 49.7 Å². The minimum absolute atomic E-state index is 0.0739. The summed E-state index contributed by atoms with van der Waals surface area (Å²) in [5.41, 5.74) is 3.65. The number of carbonyl (C=O) groups excluding carboxylic acids is 3. The summed E-state index contributed by atoms with van der Waals surface area (Å²) >= 11 is 0. The van der Waals surface area contributed by atoms with Gasteiger partial charge in [-0.25, -0.2) is 0 Å². The zero-order valence-electron chi connectivity index (χ0n) is 19.3. The molecule has 1 N–H and O–H groups in total. The number of amides is 3. The Morgan fingerprint density at radius 2 is 1.94 bits per heavy atom. The Kier molecular flexibility index (Phi) is 5.45. The third-order valence-corrected chi connectivity index (χ3v) is 7.08. The van der Waals surface area contributed by atoms with Crippen molar-refractivity contribution < 1.29 is 19.1 Å². The highest BCUT2D eigenvalue weighted by molar-refractivity contribution is 6.05. The predicted molar refractivity (Wildman–Crippen MR) is 129 cm³/mol. The molecular weight excluding hydrogens is 444 g/mol. The molecule has 0 radical (unpaired) electrons. The molecule has 3 aromatic rings. The fourth-order valence-electron chi connectivity index (χ4n) is 5.31. The summed E-state index contributed by atoms with van der Waals surface area (Å²) in [6.45, 7) is 2.95. The highest BCUT2D eigenvalue weighted by Crippen LogP contribution is 2.31. The zero-order valence-corrected chi connectivity index (χ0v) is 19.3. The topological polar surface area (TPSA) is 91.8 Å². The molecular formula is C27H26N4O4. The lowest BCUT2D eigenvalue weighted by molar-refractivity contribution is -0.136. The standard InChI is InChI=1S/C27H26N4O4/c32-25-8-7-24(26(33)29-25)31-15-19-12-20(5-6-22(19)27(31)34)35-21-9-10-30(16-21)14-17-11-18-3-1-2-4-23(18)28-13-17/h1-6,11-13,21,24H,7-10,14-16H2,(H,29,32,33). The van der Waals surface area contributed by atoms with Gasteiger partial charge in [0.25, 0.3) is 5.91 Å². The third kappa shape index (κ3) is 4.25. The molecule has 6 rings (SSSR count). The molecule has 4 heterocycles. The minimum Gasteiger partial charge on any atom is -0.489 e. The SMILES string of the molecule is O=C1CCC(N2Cc3cc(OC4CCN(Cc5cnc6ccccc6c5)C4)ccc3C2=O)C(=O)N1. The number of carbonyl (C=O) groups is 3. The van der Waals surface area contributed by atoms with Crippen molar-refractivity contribution in [2.45, 2.75) is 44.5 Å². The van der Waals surface area contributed by atoms with Gasteiger partial charge in [-0.3, -0.25) is 29.6 Å². The predicted octanol–water partition coefficient (Wildman–Crippen LogP) is 2.65. The highest BCUT2D eigenvalue weighted by Gasteiger charge is 2.39. The van der Waals surface area contributed by atoms with Gasteiger partial charge in [0.1, 0.15) is 17.9 Å². The second kappa shape index (κ2) is 8.78. The van der Waals surface area contributed by atoms with Crippen molar-refractivity contribution in [2.75, 3.05) is 13.1 Å². The smallest absolute Gasteiger partial charge is 0.255 e. The lowest BCUT2D eigenvalue weighted by atomic mass is 10.0. The van der Waals surface area contributed by atoms with Crippen molar-refractivity contribution >= 4 is 28.6 Å². The number of piperidine rings is 1. The van der Waals surface area contributed by atoms with Crippen LogP contribution < -0.4 is 10.1 Å². The average Bonchev–Trinajstić information content (AvgIpc) is 3.42. The minimum atomic E-state index is -0.607. The molecule has 2 fully saturated rings. The number of nitrogens with zero attached hydrogens (tertiary/aromatic N) is 3. The Morgan fingerprint density at radius 3 is 2.83 bits per heavy atom. The van der Waals surface area contributed by atoms with Gasteiger partial charge in [0.15, 0.2) is 0 Å². The Bertz CT molecular complexity index is 1340. The van der Waals surface area contributed by atoms with Gasteiger partial charge < -0.3 is 9.64 Å². The van der Waals surface area contributed by atoms with E-state index < -0.39 is 11.9 Å². The first-order valence-corrected chi connectivity index (χ1v) is 12.0. The first-order chi connectivity index (χ1) is 17.0. The number of likely N-dealkylation sites (tertiary alicyclic amines) is 1. The molecule has 0 spiro atoms. The van der Waals surface area contributed by atoms with Gasteiger partial charge in [-0.2, -0.15) is 0 Å². The first kappa shape index (κ1) is 21.7. The summed E-state index contributed by atoms with van der Waals surface area (Å²) in [4.78, 5) is 45.1. The number of ether oxygens (including phenoxy) is 1. The van der Waals surface area contributed by atoms with E-state index in [0.29, 0.717) is 18.5 Å². The van der Waals surface area contributed by atoms with Crippen LogP contribution in [0.25, 0.3) is 10.9 Å². The number of fused-ring (bicyclic) bond motifs is 2. The molecule has 3 aliphatic heterocycles. The molecule has 8 nitrogen and oxygen atoms in total. The third-order valence-electron chi connectivity index (χ3n) is 7.08. The summed E-state index contributed by atoms with van der Waals surface area (Å²) in [5, 5.41) is 3.49. The van der Waals surface area contributed by atoms with Crippen LogP contribution in [-0.4, -0.2) is 57.7 Å². The molecule has 3 amide bonds. The first-order valence-electron chi connectivity index (χ1n) is 12.0. The van der Waals surface area contributed by atoms with E-state index in [1.54, 1.807) is 11.0 Å². The number of hydrogen-bond acceptors (Lipinski definition) is 6. The summed E-state index contributed by atoms with van der Waals surface area (Å²) in [6, 6.07) is 15.3. The Labute approximate surface area is 202 Å². The largest absolute Gasteiger partial charge is 0.489 e. The van der Waals surface area contributed by atoms with E-state index in [0.717, 1.165) is 48.3 Å². The van der Waals surface area contributed by atoms with Gasteiger partial charge in [-0.15, -0.1) is 0 Å². The fourth-order valence-corrected chi connectivity index (χ4v) is 5.31. The summed E-state index contributed by atoms with van der Waals surface area (Å²) < 4.78 is 6.28. The van der Waals surface area contributed by atoms with E-state index >= 15 is 0 Å². The van der Waals surface area contributed by atoms with Crippen LogP contribution in [0.3, 0.4) is 0 Å². The van der Waals surface area contributed by atoms with Gasteiger partial charge in [-0.05, 0) is 54.3 Å². The monoisotopic (exact) mass is 470 g/mol. The average molecular weight is 471 g/mol. The molecule has 2 unspecified atom stereocenters. The molecule has 35 heavy (non-hydrogen) atoms. The highest BCUT2D eigenvalue weighted by atomic mass is 16.5. The number of para-hydroxylation sites is 1. The number of rotatable bonds is 5. The van der Waals surface area contributed by atoms with Gasteiger partial charge in [0.05, 0.1) is 5.52 Å². The van der Waals surface area contributed by atoms with Crippen molar-refractivity contribution in [1.29, 1.82) is 0 Å². The van der Waals surface area contributed by atoms with E-state index in [-0.39, 0.29) is 24.3 Å². The maximum Gasteiger partial charge on any atom is 0.255 e. The van der Waals surface area contributed by atoms with E-state index in [1.807, 2.05) is 36.5 Å². The number of hydrogen-bond donors (Lipinski definition) is 1. The molecule has 0 saturated carbocycles. The molecule has 8 heteroatoms. The molecule has 0 aliphatic carbocycles. The normalized spacial score (nSPS) is 22.5. The number of pyridine rings is 1. The molecule has 1 aromatic heterocycles. The fraction of sp³-hybridized carbons (Fsp3) is 0.333. The van der Waals surface area contributed by atoms with E-state index in [9.17, 15) is 14.4 Å².